The topological polar surface area (TPSA) is 130 Å². The predicted molar refractivity (Wildman–Crippen MR) is 135 cm³/mol. The number of ether oxygens (including phenoxy) is 3. The van der Waals surface area contributed by atoms with Crippen molar-refractivity contribution in [3.8, 4) is 5.75 Å². The number of hydrogen-bond acceptors (Lipinski definition) is 9. The number of hydrogen-bond donors (Lipinski definition) is 2. The molecule has 0 bridgehead atoms. The largest absolute Gasteiger partial charge is 0.483 e. The Morgan fingerprint density at radius 3 is 2.79 bits per heavy atom. The quantitative estimate of drug-likeness (QED) is 0.258. The molecule has 0 radical (unpaired) electrons. The smallest absolute Gasteiger partial charge is 0.338 e. The van der Waals surface area contributed by atoms with Crippen LogP contribution >= 0.6 is 11.8 Å². The number of amides is 2. The Hall–Kier alpha value is -3.84. The van der Waals surface area contributed by atoms with E-state index >= 15 is 0 Å². The van der Waals surface area contributed by atoms with Crippen LogP contribution < -0.4 is 15.4 Å². The Bertz CT molecular complexity index is 1300. The molecule has 2 amide bonds. The lowest BCUT2D eigenvalue weighted by Gasteiger charge is -2.27. The van der Waals surface area contributed by atoms with Crippen molar-refractivity contribution in [2.75, 3.05) is 26.1 Å². The van der Waals surface area contributed by atoms with Gasteiger partial charge in [-0.05, 0) is 38.1 Å². The van der Waals surface area contributed by atoms with Gasteiger partial charge in [0.15, 0.2) is 22.5 Å². The highest BCUT2D eigenvalue weighted by atomic mass is 32.2. The van der Waals surface area contributed by atoms with Crippen molar-refractivity contribution in [3.05, 3.63) is 71.3 Å². The maximum Gasteiger partial charge on any atom is 0.338 e. The molecule has 2 atom stereocenters. The van der Waals surface area contributed by atoms with Crippen molar-refractivity contribution in [1.82, 2.24) is 25.4 Å². The third-order valence-electron chi connectivity index (χ3n) is 5.60. The van der Waals surface area contributed by atoms with E-state index in [4.69, 9.17) is 18.6 Å². The lowest BCUT2D eigenvalue weighted by molar-refractivity contribution is -0.139. The minimum atomic E-state index is -0.816. The molecule has 202 valence electrons. The fourth-order valence-electron chi connectivity index (χ4n) is 3.95. The van der Waals surface area contributed by atoms with Crippen LogP contribution in [0.4, 0.5) is 9.18 Å². The molecule has 2 unspecified atom stereocenters. The highest BCUT2D eigenvalue weighted by Crippen LogP contribution is 2.31. The first kappa shape index (κ1) is 27.2. The number of halogens is 1. The first-order chi connectivity index (χ1) is 18.4. The number of rotatable bonds is 12. The number of furan rings is 1. The lowest BCUT2D eigenvalue weighted by atomic mass is 10.0. The van der Waals surface area contributed by atoms with E-state index < -0.39 is 23.9 Å². The summed E-state index contributed by atoms with van der Waals surface area (Å²) in [6, 6.07) is 7.96. The number of carbonyl (C=O) groups excluding carboxylic acids is 2. The molecule has 0 aliphatic carbocycles. The van der Waals surface area contributed by atoms with E-state index in [1.54, 1.807) is 38.3 Å². The van der Waals surface area contributed by atoms with Crippen LogP contribution in [0.1, 0.15) is 37.5 Å². The van der Waals surface area contributed by atoms with Gasteiger partial charge in [0.05, 0.1) is 31.1 Å². The summed E-state index contributed by atoms with van der Waals surface area (Å²) in [5.41, 5.74) is 0.588. The normalized spacial score (nSPS) is 16.1. The lowest BCUT2D eigenvalue weighted by Crippen LogP contribution is -2.46. The number of nitrogens with one attached hydrogen (secondary N) is 2. The summed E-state index contributed by atoms with van der Waals surface area (Å²) in [5, 5.41) is 14.5. The number of aromatic nitrogens is 3. The summed E-state index contributed by atoms with van der Waals surface area (Å²) < 4.78 is 37.6. The van der Waals surface area contributed by atoms with Gasteiger partial charge < -0.3 is 29.3 Å². The van der Waals surface area contributed by atoms with E-state index in [1.807, 2.05) is 11.5 Å². The molecule has 0 saturated carbocycles. The highest BCUT2D eigenvalue weighted by Gasteiger charge is 2.35. The Balaban J connectivity index is 1.62. The summed E-state index contributed by atoms with van der Waals surface area (Å²) in [4.78, 5) is 25.4. The van der Waals surface area contributed by atoms with E-state index in [1.165, 1.54) is 30.2 Å². The van der Waals surface area contributed by atoms with Crippen LogP contribution in [0.3, 0.4) is 0 Å². The third kappa shape index (κ3) is 6.17. The molecule has 2 N–H and O–H groups in total. The number of carbonyl (C=O) groups is 2. The summed E-state index contributed by atoms with van der Waals surface area (Å²) in [6.45, 7) is 4.12. The van der Waals surface area contributed by atoms with Gasteiger partial charge in [-0.1, -0.05) is 23.9 Å². The average molecular weight is 546 g/mol. The Morgan fingerprint density at radius 1 is 1.26 bits per heavy atom. The molecule has 3 heterocycles. The van der Waals surface area contributed by atoms with E-state index in [2.05, 4.69) is 20.8 Å². The van der Waals surface area contributed by atoms with E-state index in [9.17, 15) is 14.0 Å². The van der Waals surface area contributed by atoms with Crippen LogP contribution in [0.15, 0.2) is 63.5 Å². The second kappa shape index (κ2) is 12.6. The van der Waals surface area contributed by atoms with Gasteiger partial charge in [-0.2, -0.15) is 0 Å². The van der Waals surface area contributed by atoms with Gasteiger partial charge in [-0.3, -0.25) is 4.57 Å². The fraction of sp³-hybridized carbons (Fsp3) is 0.360. The minimum Gasteiger partial charge on any atom is -0.483 e. The maximum atomic E-state index is 14.0. The number of nitrogens with zero attached hydrogens (tertiary/aromatic N) is 3. The summed E-state index contributed by atoms with van der Waals surface area (Å²) in [6.07, 6.45) is 1.46. The van der Waals surface area contributed by atoms with E-state index in [-0.39, 0.29) is 36.3 Å². The standard InChI is InChI=1S/C25H28FN5O6S/c1-4-35-23(32)21-17(27-24(33)28-22(21)19-10-7-11-36-19)14-38-25-30-29-20(31(25)15(2)12-34-3)13-37-18-9-6-5-8-16(18)26/h5-11,15,22H,4,12-14H2,1-3H3,(H2,27,28,33). The van der Waals surface area contributed by atoms with Gasteiger partial charge in [0.1, 0.15) is 18.4 Å². The van der Waals surface area contributed by atoms with Crippen LogP contribution in [0, 0.1) is 5.82 Å². The van der Waals surface area contributed by atoms with Gasteiger partial charge in [0, 0.05) is 18.6 Å². The van der Waals surface area contributed by atoms with E-state index in [0.717, 1.165) is 0 Å². The summed E-state index contributed by atoms with van der Waals surface area (Å²) in [7, 11) is 1.58. The van der Waals surface area contributed by atoms with Crippen molar-refractivity contribution < 1.29 is 32.6 Å². The van der Waals surface area contributed by atoms with Crippen LogP contribution in [-0.4, -0.2) is 52.8 Å². The molecular weight excluding hydrogens is 517 g/mol. The second-order valence-electron chi connectivity index (χ2n) is 8.24. The zero-order valence-corrected chi connectivity index (χ0v) is 21.9. The third-order valence-corrected chi connectivity index (χ3v) is 6.57. The van der Waals surface area contributed by atoms with Gasteiger partial charge in [0.2, 0.25) is 0 Å². The Morgan fingerprint density at radius 2 is 2.08 bits per heavy atom. The molecule has 1 aliphatic heterocycles. The monoisotopic (exact) mass is 545 g/mol. The Labute approximate surface area is 222 Å². The second-order valence-corrected chi connectivity index (χ2v) is 9.18. The van der Waals surface area contributed by atoms with Crippen molar-refractivity contribution in [3.63, 3.8) is 0 Å². The molecule has 13 heteroatoms. The van der Waals surface area contributed by atoms with Crippen molar-refractivity contribution in [2.45, 2.75) is 37.7 Å². The molecule has 1 aromatic carbocycles. The van der Waals surface area contributed by atoms with Gasteiger partial charge in [-0.25, -0.2) is 14.0 Å². The van der Waals surface area contributed by atoms with Crippen molar-refractivity contribution >= 4 is 23.8 Å². The van der Waals surface area contributed by atoms with Crippen LogP contribution in [0.25, 0.3) is 0 Å². The summed E-state index contributed by atoms with van der Waals surface area (Å²) in [5.74, 6) is 0.0680. The molecule has 0 fully saturated rings. The SMILES string of the molecule is CCOC(=O)C1=C(CSc2nnc(COc3ccccc3F)n2C(C)COC)NC(=O)NC1c1ccco1. The average Bonchev–Trinajstić information content (AvgIpc) is 3.57. The number of thioether (sulfide) groups is 1. The number of benzene rings is 1. The predicted octanol–water partition coefficient (Wildman–Crippen LogP) is 3.76. The first-order valence-corrected chi connectivity index (χ1v) is 12.8. The summed E-state index contributed by atoms with van der Waals surface area (Å²) >= 11 is 1.26. The molecule has 11 nitrogen and oxygen atoms in total. The van der Waals surface area contributed by atoms with Crippen LogP contribution in [0.2, 0.25) is 0 Å². The number of para-hydroxylation sites is 1. The zero-order chi connectivity index (χ0) is 27.1. The fourth-order valence-corrected chi connectivity index (χ4v) is 4.98. The number of methoxy groups -OCH3 is 1. The number of urea groups is 1. The first-order valence-electron chi connectivity index (χ1n) is 11.9. The van der Waals surface area contributed by atoms with Crippen molar-refractivity contribution in [2.24, 2.45) is 0 Å². The molecule has 3 aromatic rings. The minimum absolute atomic E-state index is 0.0272. The van der Waals surface area contributed by atoms with Gasteiger partial charge in [0.25, 0.3) is 0 Å². The van der Waals surface area contributed by atoms with Gasteiger partial charge in [-0.15, -0.1) is 10.2 Å². The molecule has 0 spiro atoms. The number of esters is 1. The van der Waals surface area contributed by atoms with E-state index in [0.29, 0.717) is 29.0 Å². The van der Waals surface area contributed by atoms with Crippen LogP contribution in [0.5, 0.6) is 5.75 Å². The maximum absolute atomic E-state index is 14.0. The molecular formula is C25H28FN5O6S. The molecule has 1 aliphatic rings. The zero-order valence-electron chi connectivity index (χ0n) is 21.1. The van der Waals surface area contributed by atoms with Gasteiger partial charge >= 0.3 is 12.0 Å². The molecule has 4 rings (SSSR count). The van der Waals surface area contributed by atoms with Crippen molar-refractivity contribution in [1.29, 1.82) is 0 Å². The van der Waals surface area contributed by atoms with Crippen LogP contribution in [-0.2, 0) is 20.9 Å². The highest BCUT2D eigenvalue weighted by molar-refractivity contribution is 7.99. The Kier molecular flexibility index (Phi) is 9.02. The molecule has 2 aromatic heterocycles. The molecule has 0 saturated heterocycles. The molecule has 38 heavy (non-hydrogen) atoms.